The van der Waals surface area contributed by atoms with Crippen molar-refractivity contribution in [2.24, 2.45) is 0 Å². The second kappa shape index (κ2) is 3.44. The minimum absolute atomic E-state index is 0.00560. The number of hydrogen-bond donors (Lipinski definition) is 1. The summed E-state index contributed by atoms with van der Waals surface area (Å²) >= 11 is 0. The van der Waals surface area contributed by atoms with E-state index in [9.17, 15) is 0 Å². The first-order valence-electron chi connectivity index (χ1n) is 4.50. The van der Waals surface area contributed by atoms with Crippen molar-refractivity contribution in [2.45, 2.75) is 12.0 Å². The third kappa shape index (κ3) is 1.71. The summed E-state index contributed by atoms with van der Waals surface area (Å²) in [7, 11) is 1.77. The molecule has 0 bridgehead atoms. The molecular formula is C10H14N2O. The van der Waals surface area contributed by atoms with E-state index >= 15 is 0 Å². The Morgan fingerprint density at radius 3 is 2.85 bits per heavy atom. The van der Waals surface area contributed by atoms with Crippen molar-refractivity contribution in [1.82, 2.24) is 10.3 Å². The summed E-state index contributed by atoms with van der Waals surface area (Å²) in [6.07, 6.45) is 2.72. The van der Waals surface area contributed by atoms with Crippen LogP contribution in [0.1, 0.15) is 5.69 Å². The molecule has 70 valence electrons. The summed E-state index contributed by atoms with van der Waals surface area (Å²) in [5.41, 5.74) is 1.10. The van der Waals surface area contributed by atoms with Gasteiger partial charge in [-0.05, 0) is 12.1 Å². The summed E-state index contributed by atoms with van der Waals surface area (Å²) < 4.78 is 5.48. The van der Waals surface area contributed by atoms with E-state index in [2.05, 4.69) is 10.3 Å². The molecule has 3 heteroatoms. The number of hydrogen-bond acceptors (Lipinski definition) is 3. The van der Waals surface area contributed by atoms with Crippen LogP contribution in [0.15, 0.2) is 24.4 Å². The molecule has 1 N–H and O–H groups in total. The SMILES string of the molecule is COC1(Cc2ccccn2)CNC1. The van der Waals surface area contributed by atoms with Crippen molar-refractivity contribution in [3.05, 3.63) is 30.1 Å². The summed E-state index contributed by atoms with van der Waals surface area (Å²) in [4.78, 5) is 4.29. The van der Waals surface area contributed by atoms with Crippen LogP contribution in [0.2, 0.25) is 0 Å². The lowest BCUT2D eigenvalue weighted by Crippen LogP contribution is -2.61. The highest BCUT2D eigenvalue weighted by atomic mass is 16.5. The van der Waals surface area contributed by atoms with E-state index in [-0.39, 0.29) is 5.60 Å². The largest absolute Gasteiger partial charge is 0.375 e. The first-order valence-corrected chi connectivity index (χ1v) is 4.50. The smallest absolute Gasteiger partial charge is 0.0981 e. The topological polar surface area (TPSA) is 34.1 Å². The van der Waals surface area contributed by atoms with Gasteiger partial charge in [-0.2, -0.15) is 0 Å². The van der Waals surface area contributed by atoms with Crippen LogP contribution in [0.4, 0.5) is 0 Å². The van der Waals surface area contributed by atoms with Crippen LogP contribution in [-0.4, -0.2) is 30.8 Å². The van der Waals surface area contributed by atoms with Gasteiger partial charge in [0.1, 0.15) is 0 Å². The third-order valence-corrected chi connectivity index (χ3v) is 2.56. The van der Waals surface area contributed by atoms with E-state index < -0.39 is 0 Å². The van der Waals surface area contributed by atoms with Crippen LogP contribution in [0.5, 0.6) is 0 Å². The standard InChI is InChI=1S/C10H14N2O/c1-13-10(7-11-8-10)6-9-4-2-3-5-12-9/h2-5,11H,6-8H2,1H3. The lowest BCUT2D eigenvalue weighted by molar-refractivity contribution is -0.0508. The molecule has 1 aliphatic heterocycles. The molecule has 0 amide bonds. The van der Waals surface area contributed by atoms with E-state index in [1.165, 1.54) is 0 Å². The normalized spacial score (nSPS) is 19.5. The second-order valence-electron chi connectivity index (χ2n) is 3.49. The van der Waals surface area contributed by atoms with E-state index in [4.69, 9.17) is 4.74 Å². The van der Waals surface area contributed by atoms with Crippen LogP contribution < -0.4 is 5.32 Å². The Hall–Kier alpha value is -0.930. The molecule has 0 aliphatic carbocycles. The minimum Gasteiger partial charge on any atom is -0.375 e. The Morgan fingerprint density at radius 1 is 1.54 bits per heavy atom. The van der Waals surface area contributed by atoms with E-state index in [0.717, 1.165) is 25.2 Å². The first kappa shape index (κ1) is 8.66. The van der Waals surface area contributed by atoms with Gasteiger partial charge in [0.15, 0.2) is 0 Å². The van der Waals surface area contributed by atoms with Crippen molar-refractivity contribution >= 4 is 0 Å². The van der Waals surface area contributed by atoms with E-state index in [1.807, 2.05) is 24.4 Å². The number of rotatable bonds is 3. The summed E-state index contributed by atoms with van der Waals surface area (Å²) in [5, 5.41) is 3.22. The number of ether oxygens (including phenoxy) is 1. The molecule has 2 rings (SSSR count). The van der Waals surface area contributed by atoms with Crippen molar-refractivity contribution in [2.75, 3.05) is 20.2 Å². The number of nitrogens with zero attached hydrogens (tertiary/aromatic N) is 1. The van der Waals surface area contributed by atoms with Crippen LogP contribution in [0.3, 0.4) is 0 Å². The molecule has 3 nitrogen and oxygen atoms in total. The van der Waals surface area contributed by atoms with Crippen LogP contribution in [0, 0.1) is 0 Å². The van der Waals surface area contributed by atoms with Crippen LogP contribution in [0.25, 0.3) is 0 Å². The molecule has 13 heavy (non-hydrogen) atoms. The molecule has 0 aromatic carbocycles. The highest BCUT2D eigenvalue weighted by molar-refractivity contribution is 5.10. The summed E-state index contributed by atoms with van der Waals surface area (Å²) in [5.74, 6) is 0. The number of aromatic nitrogens is 1. The molecule has 0 atom stereocenters. The van der Waals surface area contributed by atoms with Gasteiger partial charge in [-0.1, -0.05) is 6.07 Å². The fourth-order valence-corrected chi connectivity index (χ4v) is 1.58. The van der Waals surface area contributed by atoms with Gasteiger partial charge in [-0.25, -0.2) is 0 Å². The highest BCUT2D eigenvalue weighted by Gasteiger charge is 2.37. The van der Waals surface area contributed by atoms with Crippen molar-refractivity contribution in [3.63, 3.8) is 0 Å². The molecule has 0 saturated carbocycles. The molecule has 0 unspecified atom stereocenters. The van der Waals surface area contributed by atoms with Crippen molar-refractivity contribution in [3.8, 4) is 0 Å². The van der Waals surface area contributed by atoms with Gasteiger partial charge in [0.25, 0.3) is 0 Å². The zero-order valence-electron chi connectivity index (χ0n) is 7.79. The minimum atomic E-state index is -0.00560. The third-order valence-electron chi connectivity index (χ3n) is 2.56. The monoisotopic (exact) mass is 178 g/mol. The molecular weight excluding hydrogens is 164 g/mol. The molecule has 0 spiro atoms. The Labute approximate surface area is 78.1 Å². The maximum absolute atomic E-state index is 5.48. The van der Waals surface area contributed by atoms with Gasteiger partial charge in [-0.3, -0.25) is 4.98 Å². The number of methoxy groups -OCH3 is 1. The first-order chi connectivity index (χ1) is 6.35. The Bertz CT molecular complexity index is 264. The number of nitrogens with one attached hydrogen (secondary N) is 1. The average molecular weight is 178 g/mol. The van der Waals surface area contributed by atoms with Crippen molar-refractivity contribution in [1.29, 1.82) is 0 Å². The second-order valence-corrected chi connectivity index (χ2v) is 3.49. The maximum atomic E-state index is 5.48. The molecule has 1 aromatic rings. The quantitative estimate of drug-likeness (QED) is 0.736. The van der Waals surface area contributed by atoms with Gasteiger partial charge in [-0.15, -0.1) is 0 Å². The summed E-state index contributed by atoms with van der Waals surface area (Å²) in [6.45, 7) is 1.86. The van der Waals surface area contributed by atoms with Crippen LogP contribution >= 0.6 is 0 Å². The predicted octanol–water partition coefficient (Wildman–Crippen LogP) is 0.613. The van der Waals surface area contributed by atoms with E-state index in [0.29, 0.717) is 0 Å². The van der Waals surface area contributed by atoms with Gasteiger partial charge in [0.05, 0.1) is 5.60 Å². The molecule has 1 aliphatic rings. The zero-order valence-corrected chi connectivity index (χ0v) is 7.79. The Morgan fingerprint density at radius 2 is 2.38 bits per heavy atom. The molecule has 2 heterocycles. The predicted molar refractivity (Wildman–Crippen MR) is 50.6 cm³/mol. The Balaban J connectivity index is 2.05. The zero-order chi connectivity index (χ0) is 9.15. The van der Waals surface area contributed by atoms with Gasteiger partial charge >= 0.3 is 0 Å². The fourth-order valence-electron chi connectivity index (χ4n) is 1.58. The van der Waals surface area contributed by atoms with Crippen LogP contribution in [-0.2, 0) is 11.2 Å². The van der Waals surface area contributed by atoms with E-state index in [1.54, 1.807) is 7.11 Å². The molecule has 1 fully saturated rings. The molecule has 1 saturated heterocycles. The number of pyridine rings is 1. The molecule has 0 radical (unpaired) electrons. The van der Waals surface area contributed by atoms with Crippen molar-refractivity contribution < 1.29 is 4.74 Å². The van der Waals surface area contributed by atoms with Gasteiger partial charge in [0.2, 0.25) is 0 Å². The highest BCUT2D eigenvalue weighted by Crippen LogP contribution is 2.20. The Kier molecular flexibility index (Phi) is 2.29. The van der Waals surface area contributed by atoms with Gasteiger partial charge in [0, 0.05) is 38.5 Å². The summed E-state index contributed by atoms with van der Waals surface area (Å²) in [6, 6.07) is 5.98. The van der Waals surface area contributed by atoms with Gasteiger partial charge < -0.3 is 10.1 Å². The maximum Gasteiger partial charge on any atom is 0.0981 e. The fraction of sp³-hybridized carbons (Fsp3) is 0.500. The lowest BCUT2D eigenvalue weighted by Gasteiger charge is -2.41. The average Bonchev–Trinajstić information content (AvgIpc) is 2.13. The molecule has 1 aromatic heterocycles. The lowest BCUT2D eigenvalue weighted by atomic mass is 9.91.